The van der Waals surface area contributed by atoms with Gasteiger partial charge in [0.15, 0.2) is 0 Å². The molecule has 1 aromatic heterocycles. The highest BCUT2D eigenvalue weighted by atomic mass is 16.5. The third-order valence-corrected chi connectivity index (χ3v) is 4.04. The largest absolute Gasteiger partial charge is 0.512 e. The van der Waals surface area contributed by atoms with Gasteiger partial charge in [-0.1, -0.05) is 38.3 Å². The van der Waals surface area contributed by atoms with Crippen molar-refractivity contribution in [2.75, 3.05) is 6.61 Å². The molecule has 2 aromatic rings. The molecule has 0 bridgehead atoms. The van der Waals surface area contributed by atoms with Crippen LogP contribution in [-0.2, 0) is 9.53 Å². The summed E-state index contributed by atoms with van der Waals surface area (Å²) in [6.45, 7) is 3.93. The Hall–Kier alpha value is -2.95. The minimum Gasteiger partial charge on any atom is -0.512 e. The van der Waals surface area contributed by atoms with Crippen LogP contribution in [0.15, 0.2) is 65.1 Å². The van der Waals surface area contributed by atoms with Crippen LogP contribution in [-0.4, -0.2) is 28.9 Å². The summed E-state index contributed by atoms with van der Waals surface area (Å²) in [4.78, 5) is 20.5. The standard InChI is InChI=1S/C22H26N2O3/c1-3-4-5-6-14-27-22(26)21(17(2)25)16-24-20-9-7-8-19(15-20)18-10-12-23-13-11-18/h7-13,15-16,25H,3-6,14H2,1-2H3. The van der Waals surface area contributed by atoms with Gasteiger partial charge in [0.05, 0.1) is 12.3 Å². The van der Waals surface area contributed by atoms with Gasteiger partial charge in [-0.05, 0) is 48.7 Å². The number of rotatable bonds is 9. The first-order valence-electron chi connectivity index (χ1n) is 9.23. The Morgan fingerprint density at radius 3 is 2.63 bits per heavy atom. The van der Waals surface area contributed by atoms with E-state index >= 15 is 0 Å². The van der Waals surface area contributed by atoms with Crippen molar-refractivity contribution in [1.82, 2.24) is 4.98 Å². The SMILES string of the molecule is CCCCCCOC(=O)C(C=Nc1cccc(-c2ccncc2)c1)=C(C)O. The van der Waals surface area contributed by atoms with Crippen molar-refractivity contribution in [2.45, 2.75) is 39.5 Å². The number of hydrogen-bond donors (Lipinski definition) is 1. The van der Waals surface area contributed by atoms with E-state index in [9.17, 15) is 9.90 Å². The predicted molar refractivity (Wildman–Crippen MR) is 108 cm³/mol. The topological polar surface area (TPSA) is 71.8 Å². The second-order valence-electron chi connectivity index (χ2n) is 6.24. The van der Waals surface area contributed by atoms with Gasteiger partial charge in [-0.2, -0.15) is 0 Å². The van der Waals surface area contributed by atoms with Crippen LogP contribution in [0.2, 0.25) is 0 Å². The number of carbonyl (C=O) groups is 1. The maximum atomic E-state index is 12.2. The highest BCUT2D eigenvalue weighted by Crippen LogP contribution is 2.23. The summed E-state index contributed by atoms with van der Waals surface area (Å²) in [5.74, 6) is -0.664. The Morgan fingerprint density at radius 1 is 1.15 bits per heavy atom. The first-order valence-corrected chi connectivity index (χ1v) is 9.23. The normalized spacial score (nSPS) is 12.1. The van der Waals surface area contributed by atoms with E-state index in [1.54, 1.807) is 12.4 Å². The van der Waals surface area contributed by atoms with Gasteiger partial charge in [0.2, 0.25) is 0 Å². The molecule has 0 spiro atoms. The Bertz CT molecular complexity index is 794. The lowest BCUT2D eigenvalue weighted by atomic mass is 10.1. The molecule has 5 nitrogen and oxygen atoms in total. The second-order valence-corrected chi connectivity index (χ2v) is 6.24. The number of aliphatic imine (C=N–C) groups is 1. The fourth-order valence-corrected chi connectivity index (χ4v) is 2.51. The van der Waals surface area contributed by atoms with Crippen LogP contribution in [0.25, 0.3) is 11.1 Å². The number of unbranched alkanes of at least 4 members (excludes halogenated alkanes) is 3. The lowest BCUT2D eigenvalue weighted by Crippen LogP contribution is -2.12. The summed E-state index contributed by atoms with van der Waals surface area (Å²) in [5.41, 5.74) is 2.78. The zero-order valence-electron chi connectivity index (χ0n) is 15.9. The number of ether oxygens (including phenoxy) is 1. The Kier molecular flexibility index (Phi) is 8.23. The first-order chi connectivity index (χ1) is 13.1. The van der Waals surface area contributed by atoms with Crippen LogP contribution in [0.1, 0.15) is 39.5 Å². The minimum atomic E-state index is -0.555. The van der Waals surface area contributed by atoms with E-state index in [1.807, 2.05) is 36.4 Å². The van der Waals surface area contributed by atoms with Crippen molar-refractivity contribution in [3.8, 4) is 11.1 Å². The molecule has 1 heterocycles. The number of allylic oxidation sites excluding steroid dienone is 1. The van der Waals surface area contributed by atoms with Crippen molar-refractivity contribution in [1.29, 1.82) is 0 Å². The van der Waals surface area contributed by atoms with Gasteiger partial charge in [0.25, 0.3) is 0 Å². The molecule has 0 atom stereocenters. The maximum absolute atomic E-state index is 12.2. The molecule has 142 valence electrons. The molecule has 0 unspecified atom stereocenters. The van der Waals surface area contributed by atoms with Gasteiger partial charge in [0, 0.05) is 18.6 Å². The third kappa shape index (κ3) is 6.70. The average Bonchev–Trinajstić information content (AvgIpc) is 2.68. The van der Waals surface area contributed by atoms with Crippen molar-refractivity contribution in [3.63, 3.8) is 0 Å². The van der Waals surface area contributed by atoms with Crippen molar-refractivity contribution >= 4 is 17.9 Å². The monoisotopic (exact) mass is 366 g/mol. The predicted octanol–water partition coefficient (Wildman–Crippen LogP) is 5.41. The van der Waals surface area contributed by atoms with Crippen LogP contribution < -0.4 is 0 Å². The molecular weight excluding hydrogens is 340 g/mol. The van der Waals surface area contributed by atoms with Crippen LogP contribution in [0, 0.1) is 0 Å². The zero-order valence-corrected chi connectivity index (χ0v) is 15.9. The number of aromatic nitrogens is 1. The molecule has 0 amide bonds. The van der Waals surface area contributed by atoms with E-state index in [4.69, 9.17) is 4.74 Å². The first kappa shape index (κ1) is 20.4. The lowest BCUT2D eigenvalue weighted by molar-refractivity contribution is -0.138. The molecule has 1 aromatic carbocycles. The summed E-state index contributed by atoms with van der Waals surface area (Å²) >= 11 is 0. The molecule has 27 heavy (non-hydrogen) atoms. The van der Waals surface area contributed by atoms with Crippen molar-refractivity contribution < 1.29 is 14.6 Å². The molecule has 0 saturated carbocycles. The highest BCUT2D eigenvalue weighted by molar-refractivity contribution is 6.10. The third-order valence-electron chi connectivity index (χ3n) is 4.04. The van der Waals surface area contributed by atoms with Gasteiger partial charge in [-0.3, -0.25) is 9.98 Å². The summed E-state index contributed by atoms with van der Waals surface area (Å²) in [5, 5.41) is 9.81. The smallest absolute Gasteiger partial charge is 0.343 e. The van der Waals surface area contributed by atoms with Crippen molar-refractivity contribution in [3.05, 3.63) is 60.1 Å². The molecule has 5 heteroatoms. The zero-order chi connectivity index (χ0) is 19.5. The number of aliphatic hydroxyl groups excluding tert-OH is 1. The molecule has 0 fully saturated rings. The quantitative estimate of drug-likeness (QED) is 0.212. The summed E-state index contributed by atoms with van der Waals surface area (Å²) < 4.78 is 5.24. The summed E-state index contributed by atoms with van der Waals surface area (Å²) in [6, 6.07) is 11.5. The molecule has 0 aliphatic heterocycles. The van der Waals surface area contributed by atoms with Gasteiger partial charge in [0.1, 0.15) is 11.3 Å². The lowest BCUT2D eigenvalue weighted by Gasteiger charge is -2.06. The summed E-state index contributed by atoms with van der Waals surface area (Å²) in [7, 11) is 0. The van der Waals surface area contributed by atoms with E-state index < -0.39 is 5.97 Å². The van der Waals surface area contributed by atoms with E-state index in [-0.39, 0.29) is 11.3 Å². The minimum absolute atomic E-state index is 0.0693. The van der Waals surface area contributed by atoms with Gasteiger partial charge in [-0.15, -0.1) is 0 Å². The van der Waals surface area contributed by atoms with E-state index in [1.165, 1.54) is 13.1 Å². The highest BCUT2D eigenvalue weighted by Gasteiger charge is 2.12. The second kappa shape index (κ2) is 10.9. The van der Waals surface area contributed by atoms with Gasteiger partial charge < -0.3 is 9.84 Å². The summed E-state index contributed by atoms with van der Waals surface area (Å²) in [6.07, 6.45) is 8.92. The number of benzene rings is 1. The molecule has 0 saturated heterocycles. The average molecular weight is 366 g/mol. The number of nitrogens with zero attached hydrogens (tertiary/aromatic N) is 2. The Labute approximate surface area is 160 Å². The fraction of sp³-hybridized carbons (Fsp3) is 0.318. The van der Waals surface area contributed by atoms with Crippen LogP contribution in [0.4, 0.5) is 5.69 Å². The van der Waals surface area contributed by atoms with Crippen LogP contribution in [0.3, 0.4) is 0 Å². The van der Waals surface area contributed by atoms with Crippen LogP contribution >= 0.6 is 0 Å². The molecule has 0 aliphatic carbocycles. The molecule has 2 rings (SSSR count). The number of carbonyl (C=O) groups excluding carboxylic acids is 1. The number of aliphatic hydroxyl groups is 1. The van der Waals surface area contributed by atoms with Crippen molar-refractivity contribution in [2.24, 2.45) is 4.99 Å². The van der Waals surface area contributed by atoms with E-state index in [0.29, 0.717) is 12.3 Å². The number of esters is 1. The number of hydrogen-bond acceptors (Lipinski definition) is 5. The molecular formula is C22H26N2O3. The Morgan fingerprint density at radius 2 is 1.93 bits per heavy atom. The number of pyridine rings is 1. The van der Waals surface area contributed by atoms with E-state index in [0.717, 1.165) is 36.8 Å². The van der Waals surface area contributed by atoms with Crippen LogP contribution in [0.5, 0.6) is 0 Å². The van der Waals surface area contributed by atoms with E-state index in [2.05, 4.69) is 16.9 Å². The van der Waals surface area contributed by atoms with Gasteiger partial charge in [-0.25, -0.2) is 4.79 Å². The maximum Gasteiger partial charge on any atom is 0.343 e. The molecule has 0 aliphatic rings. The molecule has 0 radical (unpaired) electrons. The fourth-order valence-electron chi connectivity index (χ4n) is 2.51. The Balaban J connectivity index is 2.05. The van der Waals surface area contributed by atoms with Gasteiger partial charge >= 0.3 is 5.97 Å². The molecule has 1 N–H and O–H groups in total.